The van der Waals surface area contributed by atoms with Crippen LogP contribution in [0.4, 0.5) is 0 Å². The Morgan fingerprint density at radius 1 is 1.08 bits per heavy atom. The van der Waals surface area contributed by atoms with E-state index in [2.05, 4.69) is 11.2 Å². The third-order valence-corrected chi connectivity index (χ3v) is 9.06. The van der Waals surface area contributed by atoms with Crippen molar-refractivity contribution in [1.29, 1.82) is 0 Å². The standard InChI is InChI=1S/C33H34N2O13/c1-42-21-4-3-18-19-13-44-22-8-17(46-33-29(41)28(40)27(39)23(47-33)14-45-25(38)9-24(36)37)7-16(11-35-10-15-5-6-34-20(15)12-35)26(22)30(19)48-31(18)32(21)43-2/h3-8,12,19,23,27-30,33,39-41H,9-11,13-14H2,1-2H3,(H,36,37)/p+1/t19-,23+,27+,28-,29+,30+,33+/m0/s1. The summed E-state index contributed by atoms with van der Waals surface area (Å²) < 4.78 is 40.8. The number of hydrogen-bond acceptors (Lipinski definition) is 13. The van der Waals surface area contributed by atoms with Crippen molar-refractivity contribution < 1.29 is 68.1 Å². The molecule has 1 unspecified atom stereocenters. The summed E-state index contributed by atoms with van der Waals surface area (Å²) in [6, 6.07) is 7.23. The van der Waals surface area contributed by atoms with Crippen LogP contribution in [-0.4, -0.2) is 103 Å². The zero-order valence-electron chi connectivity index (χ0n) is 26.0. The quantitative estimate of drug-likeness (QED) is 0.165. The minimum absolute atomic E-state index is 0.138. The van der Waals surface area contributed by atoms with Crippen LogP contribution in [0.15, 0.2) is 52.8 Å². The van der Waals surface area contributed by atoms with Crippen molar-refractivity contribution in [3.63, 3.8) is 0 Å². The monoisotopic (exact) mass is 667 g/mol. The number of rotatable bonds is 10. The maximum Gasteiger partial charge on any atom is 0.317 e. The fourth-order valence-corrected chi connectivity index (χ4v) is 6.77. The molecule has 0 bridgehead atoms. The van der Waals surface area contributed by atoms with Gasteiger partial charge < -0.3 is 53.6 Å². The predicted molar refractivity (Wildman–Crippen MR) is 162 cm³/mol. The van der Waals surface area contributed by atoms with Gasteiger partial charge in [-0.2, -0.15) is 0 Å². The highest BCUT2D eigenvalue weighted by Crippen LogP contribution is 2.57. The molecule has 5 heterocycles. The van der Waals surface area contributed by atoms with Gasteiger partial charge in [0, 0.05) is 34.5 Å². The number of aliphatic carboxylic acids is 1. The molecule has 0 spiro atoms. The van der Waals surface area contributed by atoms with Crippen molar-refractivity contribution in [2.75, 3.05) is 34.0 Å². The van der Waals surface area contributed by atoms with Gasteiger partial charge in [-0.3, -0.25) is 19.5 Å². The van der Waals surface area contributed by atoms with Gasteiger partial charge in [-0.25, -0.2) is 0 Å². The Morgan fingerprint density at radius 2 is 1.92 bits per heavy atom. The number of aliphatic hydroxyl groups excluding tert-OH is 3. The second-order valence-electron chi connectivity index (χ2n) is 12.1. The molecule has 15 nitrogen and oxygen atoms in total. The van der Waals surface area contributed by atoms with E-state index in [1.165, 1.54) is 0 Å². The van der Waals surface area contributed by atoms with Crippen LogP contribution >= 0.6 is 0 Å². The van der Waals surface area contributed by atoms with Gasteiger partial charge >= 0.3 is 11.9 Å². The first-order valence-corrected chi connectivity index (χ1v) is 15.4. The zero-order chi connectivity index (χ0) is 33.7. The summed E-state index contributed by atoms with van der Waals surface area (Å²) in [5, 5.41) is 40.6. The number of aliphatic imine (C=N–C) groups is 1. The van der Waals surface area contributed by atoms with Gasteiger partial charge in [-0.1, -0.05) is 6.07 Å². The topological polar surface area (TPSA) is 196 Å². The number of ether oxygens (including phenoxy) is 7. The number of allylic oxidation sites excluding steroid dienone is 1. The van der Waals surface area contributed by atoms with Crippen LogP contribution in [-0.2, 0) is 25.6 Å². The van der Waals surface area contributed by atoms with Crippen LogP contribution in [0.25, 0.3) is 0 Å². The van der Waals surface area contributed by atoms with Crippen molar-refractivity contribution >= 4 is 18.2 Å². The van der Waals surface area contributed by atoms with E-state index in [0.717, 1.165) is 32.9 Å². The Morgan fingerprint density at radius 3 is 2.67 bits per heavy atom. The van der Waals surface area contributed by atoms with E-state index in [-0.39, 0.29) is 11.7 Å². The number of carbonyl (C=O) groups excluding carboxylic acids is 1. The van der Waals surface area contributed by atoms with Crippen LogP contribution in [0, 0.1) is 0 Å². The van der Waals surface area contributed by atoms with E-state index in [1.807, 2.05) is 18.2 Å². The Labute approximate surface area is 274 Å². The highest BCUT2D eigenvalue weighted by atomic mass is 16.7. The molecular formula is C33H35N2O13+. The second kappa shape index (κ2) is 12.7. The fraction of sp³-hybridized carbons (Fsp3) is 0.424. The molecule has 0 saturated carbocycles. The van der Waals surface area contributed by atoms with E-state index in [9.17, 15) is 24.9 Å². The lowest BCUT2D eigenvalue weighted by Crippen LogP contribution is -3.04. The number of quaternary nitrogens is 1. The number of hydrogen-bond donors (Lipinski definition) is 5. The minimum Gasteiger partial charge on any atom is -0.493 e. The van der Waals surface area contributed by atoms with E-state index >= 15 is 0 Å². The van der Waals surface area contributed by atoms with Crippen LogP contribution < -0.4 is 28.6 Å². The number of carboxylic acids is 1. The summed E-state index contributed by atoms with van der Waals surface area (Å²) in [5.41, 5.74) is 4.63. The molecule has 1 fully saturated rings. The Hall–Kier alpha value is -4.67. The molecular weight excluding hydrogens is 632 g/mol. The maximum atomic E-state index is 11.8. The molecule has 5 N–H and O–H groups in total. The maximum absolute atomic E-state index is 11.8. The van der Waals surface area contributed by atoms with Crippen LogP contribution in [0.2, 0.25) is 0 Å². The largest absolute Gasteiger partial charge is 0.493 e. The minimum atomic E-state index is -1.72. The summed E-state index contributed by atoms with van der Waals surface area (Å²) in [5.74, 6) is -0.213. The van der Waals surface area contributed by atoms with Crippen molar-refractivity contribution in [1.82, 2.24) is 0 Å². The summed E-state index contributed by atoms with van der Waals surface area (Å²) in [4.78, 5) is 28.1. The predicted octanol–water partition coefficient (Wildman–Crippen LogP) is -0.231. The van der Waals surface area contributed by atoms with Crippen LogP contribution in [0.3, 0.4) is 0 Å². The van der Waals surface area contributed by atoms with Gasteiger partial charge in [-0.15, -0.1) is 0 Å². The number of esters is 1. The lowest BCUT2D eigenvalue weighted by Gasteiger charge is -2.40. The molecule has 1 saturated heterocycles. The first-order valence-electron chi connectivity index (χ1n) is 15.4. The smallest absolute Gasteiger partial charge is 0.317 e. The molecule has 0 aliphatic carbocycles. The molecule has 5 aliphatic rings. The van der Waals surface area contributed by atoms with Gasteiger partial charge in [-0.05, 0) is 18.2 Å². The number of aliphatic hydroxyl groups is 3. The normalized spacial score (nSPS) is 29.3. The number of fused-ring (bicyclic) bond motifs is 6. The van der Waals surface area contributed by atoms with Gasteiger partial charge in [0.25, 0.3) is 0 Å². The Balaban J connectivity index is 1.19. The highest BCUT2D eigenvalue weighted by molar-refractivity contribution is 5.90. The Bertz CT molecular complexity index is 1720. The summed E-state index contributed by atoms with van der Waals surface area (Å²) in [6.45, 7) is 0.936. The molecule has 2 aromatic carbocycles. The zero-order valence-corrected chi connectivity index (χ0v) is 26.0. The van der Waals surface area contributed by atoms with Crippen LogP contribution in [0.5, 0.6) is 28.7 Å². The first kappa shape index (κ1) is 31.9. The van der Waals surface area contributed by atoms with E-state index in [0.29, 0.717) is 42.7 Å². The molecule has 0 amide bonds. The summed E-state index contributed by atoms with van der Waals surface area (Å²) in [6.07, 6.45) is -3.33. The number of benzene rings is 2. The fourth-order valence-electron chi connectivity index (χ4n) is 6.77. The number of methoxy groups -OCH3 is 2. The van der Waals surface area contributed by atoms with Crippen molar-refractivity contribution in [2.24, 2.45) is 4.99 Å². The highest BCUT2D eigenvalue weighted by Gasteiger charge is 2.47. The van der Waals surface area contributed by atoms with Gasteiger partial charge in [0.15, 0.2) is 11.5 Å². The molecule has 0 radical (unpaired) electrons. The van der Waals surface area contributed by atoms with E-state index in [4.69, 9.17) is 38.3 Å². The van der Waals surface area contributed by atoms with Crippen LogP contribution in [0.1, 0.15) is 35.1 Å². The lowest BCUT2D eigenvalue weighted by atomic mass is 9.86. The van der Waals surface area contributed by atoms with Crippen molar-refractivity contribution in [3.05, 3.63) is 64.5 Å². The first-order chi connectivity index (χ1) is 23.1. The van der Waals surface area contributed by atoms with Gasteiger partial charge in [0.1, 0.15) is 80.0 Å². The number of nitrogens with one attached hydrogen (secondary N) is 1. The van der Waals surface area contributed by atoms with Crippen molar-refractivity contribution in [2.45, 2.75) is 55.7 Å². The molecule has 48 heavy (non-hydrogen) atoms. The third-order valence-electron chi connectivity index (χ3n) is 9.06. The molecule has 254 valence electrons. The molecule has 8 atom stereocenters. The molecule has 5 aliphatic heterocycles. The van der Waals surface area contributed by atoms with Gasteiger partial charge in [0.05, 0.1) is 26.7 Å². The third kappa shape index (κ3) is 5.73. The number of carboxylic acid groups (broad SMARTS) is 1. The van der Waals surface area contributed by atoms with Crippen molar-refractivity contribution in [3.8, 4) is 28.7 Å². The Kier molecular flexibility index (Phi) is 8.47. The molecule has 2 aromatic rings. The average Bonchev–Trinajstić information content (AvgIpc) is 3.77. The average molecular weight is 668 g/mol. The molecule has 15 heteroatoms. The molecule has 0 aromatic heterocycles. The summed E-state index contributed by atoms with van der Waals surface area (Å²) in [7, 11) is 3.12. The molecule has 7 rings (SSSR count). The summed E-state index contributed by atoms with van der Waals surface area (Å²) >= 11 is 0. The van der Waals surface area contributed by atoms with E-state index < -0.39 is 61.8 Å². The lowest BCUT2D eigenvalue weighted by molar-refractivity contribution is -0.851. The van der Waals surface area contributed by atoms with E-state index in [1.54, 1.807) is 32.6 Å². The SMILES string of the molecule is COc1ccc2c(c1OC)O[C@H]1c3c(C[NH+]4C=C5N=CC=C5C4)cc(O[C@@H]4O[C@H](COC(=O)CC(=O)O)[C@@H](O)[C@H](O)[C@H]4O)cc3OC[C@@H]21. The van der Waals surface area contributed by atoms with Gasteiger partial charge in [0.2, 0.25) is 12.0 Å². The number of carbonyl (C=O) groups is 2. The second-order valence-corrected chi connectivity index (χ2v) is 12.1. The number of nitrogens with zero attached hydrogens (tertiary/aromatic N) is 1.